The number of nitrogens with zero attached hydrogens (tertiary/aromatic N) is 3. The molecule has 0 bridgehead atoms. The van der Waals surface area contributed by atoms with Gasteiger partial charge in [0, 0.05) is 11.9 Å². The topological polar surface area (TPSA) is 111 Å². The first kappa shape index (κ1) is 14.0. The summed E-state index contributed by atoms with van der Waals surface area (Å²) in [7, 11) is 1.55. The molecule has 0 aliphatic heterocycles. The van der Waals surface area contributed by atoms with Crippen molar-refractivity contribution in [2.75, 3.05) is 7.05 Å². The number of carbonyl (C=O) groups is 2. The lowest BCUT2D eigenvalue weighted by Gasteiger charge is -2.19. The predicted octanol–water partition coefficient (Wildman–Crippen LogP) is 0.833. The zero-order chi connectivity index (χ0) is 14.5. The lowest BCUT2D eigenvalue weighted by Crippen LogP contribution is -2.41. The number of aromatic nitrogens is 3. The first-order valence-corrected chi connectivity index (χ1v) is 6.58. The molecule has 0 aliphatic carbocycles. The second kappa shape index (κ2) is 6.15. The number of carbonyl (C=O) groups excluding carboxylic acids is 1. The number of carboxylic acid groups (broad SMARTS) is 1. The Morgan fingerprint density at radius 1 is 1.60 bits per heavy atom. The summed E-state index contributed by atoms with van der Waals surface area (Å²) in [6.07, 6.45) is 1.34. The van der Waals surface area contributed by atoms with E-state index in [0.717, 1.165) is 0 Å². The number of hydrogen-bond acceptors (Lipinski definition) is 5. The van der Waals surface area contributed by atoms with Gasteiger partial charge in [0.05, 0.1) is 6.54 Å². The molecule has 0 aliphatic rings. The second-order valence-electron chi connectivity index (χ2n) is 4.02. The van der Waals surface area contributed by atoms with Gasteiger partial charge in [-0.3, -0.25) is 5.10 Å². The average molecular weight is 295 g/mol. The summed E-state index contributed by atoms with van der Waals surface area (Å²) in [5.74, 6) is -0.584. The lowest BCUT2D eigenvalue weighted by atomic mass is 10.2. The van der Waals surface area contributed by atoms with Crippen LogP contribution >= 0.6 is 11.3 Å². The molecule has 1 unspecified atom stereocenters. The van der Waals surface area contributed by atoms with Crippen molar-refractivity contribution >= 4 is 23.3 Å². The van der Waals surface area contributed by atoms with E-state index in [1.54, 1.807) is 24.6 Å². The molecule has 2 aromatic rings. The Hall–Kier alpha value is -2.42. The van der Waals surface area contributed by atoms with E-state index in [1.807, 2.05) is 0 Å². The van der Waals surface area contributed by atoms with Crippen molar-refractivity contribution in [2.45, 2.75) is 12.6 Å². The molecule has 0 saturated carbocycles. The maximum absolute atomic E-state index is 12.0. The molecule has 9 heteroatoms. The summed E-state index contributed by atoms with van der Waals surface area (Å²) in [4.78, 5) is 29.0. The number of amides is 2. The first-order chi connectivity index (χ1) is 9.58. The number of carboxylic acids is 1. The fourth-order valence-electron chi connectivity index (χ4n) is 1.55. The number of aliphatic carboxylic acids is 1. The highest BCUT2D eigenvalue weighted by Gasteiger charge is 2.24. The molecular weight excluding hydrogens is 282 g/mol. The maximum Gasteiger partial charge on any atom is 0.331 e. The lowest BCUT2D eigenvalue weighted by molar-refractivity contribution is -0.139. The first-order valence-electron chi connectivity index (χ1n) is 5.70. The smallest absolute Gasteiger partial charge is 0.331 e. The Kier molecular flexibility index (Phi) is 4.31. The molecule has 106 valence electrons. The number of rotatable bonds is 5. The monoisotopic (exact) mass is 295 g/mol. The Morgan fingerprint density at radius 2 is 2.40 bits per heavy atom. The zero-order valence-electron chi connectivity index (χ0n) is 10.6. The molecule has 1 atom stereocenters. The molecule has 20 heavy (non-hydrogen) atoms. The minimum atomic E-state index is -1.10. The quantitative estimate of drug-likeness (QED) is 0.756. The van der Waals surface area contributed by atoms with Crippen molar-refractivity contribution in [3.8, 4) is 0 Å². The largest absolute Gasteiger partial charge is 0.479 e. The molecule has 3 N–H and O–H groups in total. The minimum absolute atomic E-state index is 0.211. The van der Waals surface area contributed by atoms with Crippen LogP contribution in [0.5, 0.6) is 0 Å². The van der Waals surface area contributed by atoms with Gasteiger partial charge < -0.3 is 15.3 Å². The SMILES string of the molecule is CN(Cc1ncn[nH]1)C(=O)NC(C(=O)O)c1cccs1. The number of aromatic amines is 1. The molecule has 0 spiro atoms. The number of thiophene rings is 1. The maximum atomic E-state index is 12.0. The van der Waals surface area contributed by atoms with Crippen molar-refractivity contribution in [2.24, 2.45) is 0 Å². The van der Waals surface area contributed by atoms with Gasteiger partial charge in [0.15, 0.2) is 6.04 Å². The van der Waals surface area contributed by atoms with Gasteiger partial charge >= 0.3 is 12.0 Å². The fraction of sp³-hybridized carbons (Fsp3) is 0.273. The van der Waals surface area contributed by atoms with Crippen molar-refractivity contribution in [3.63, 3.8) is 0 Å². The van der Waals surface area contributed by atoms with Crippen LogP contribution in [-0.2, 0) is 11.3 Å². The summed E-state index contributed by atoms with van der Waals surface area (Å²) >= 11 is 1.28. The number of nitrogens with one attached hydrogen (secondary N) is 2. The van der Waals surface area contributed by atoms with Crippen LogP contribution < -0.4 is 5.32 Å². The van der Waals surface area contributed by atoms with Crippen LogP contribution in [0, 0.1) is 0 Å². The van der Waals surface area contributed by atoms with Crippen LogP contribution in [0.1, 0.15) is 16.7 Å². The van der Waals surface area contributed by atoms with E-state index in [1.165, 1.54) is 22.6 Å². The van der Waals surface area contributed by atoms with Gasteiger partial charge in [0.1, 0.15) is 12.2 Å². The highest BCUT2D eigenvalue weighted by molar-refractivity contribution is 7.10. The van der Waals surface area contributed by atoms with Crippen LogP contribution in [-0.4, -0.2) is 44.2 Å². The van der Waals surface area contributed by atoms with Gasteiger partial charge in [0.25, 0.3) is 0 Å². The predicted molar refractivity (Wildman–Crippen MR) is 71.1 cm³/mol. The Morgan fingerprint density at radius 3 is 2.95 bits per heavy atom. The third-order valence-corrected chi connectivity index (χ3v) is 3.48. The van der Waals surface area contributed by atoms with Gasteiger partial charge in [-0.1, -0.05) is 6.07 Å². The molecule has 2 aromatic heterocycles. The summed E-state index contributed by atoms with van der Waals surface area (Å²) < 4.78 is 0. The molecular formula is C11H13N5O3S. The van der Waals surface area contributed by atoms with E-state index in [-0.39, 0.29) is 6.54 Å². The molecule has 0 fully saturated rings. The Labute approximate surface area is 118 Å². The van der Waals surface area contributed by atoms with Crippen LogP contribution in [0.4, 0.5) is 4.79 Å². The third kappa shape index (κ3) is 3.32. The highest BCUT2D eigenvalue weighted by atomic mass is 32.1. The van der Waals surface area contributed by atoms with Crippen molar-refractivity contribution in [1.29, 1.82) is 0 Å². The molecule has 0 aromatic carbocycles. The summed E-state index contributed by atoms with van der Waals surface area (Å²) in [6, 6.07) is 1.85. The van der Waals surface area contributed by atoms with Gasteiger partial charge in [-0.15, -0.1) is 11.3 Å². The zero-order valence-corrected chi connectivity index (χ0v) is 11.4. The molecule has 0 saturated heterocycles. The van der Waals surface area contributed by atoms with Crippen molar-refractivity contribution in [1.82, 2.24) is 25.4 Å². The number of urea groups is 1. The number of hydrogen-bond donors (Lipinski definition) is 3. The van der Waals surface area contributed by atoms with Gasteiger partial charge in [-0.25, -0.2) is 14.6 Å². The van der Waals surface area contributed by atoms with Crippen molar-refractivity contribution < 1.29 is 14.7 Å². The van der Waals surface area contributed by atoms with E-state index in [4.69, 9.17) is 0 Å². The molecule has 2 heterocycles. The van der Waals surface area contributed by atoms with Crippen molar-refractivity contribution in [3.05, 3.63) is 34.5 Å². The standard InChI is InChI=1S/C11H13N5O3S/c1-16(5-8-12-6-13-15-8)11(19)14-9(10(17)18)7-3-2-4-20-7/h2-4,6,9H,5H2,1H3,(H,14,19)(H,17,18)(H,12,13,15). The normalized spacial score (nSPS) is 11.8. The van der Waals surface area contributed by atoms with Gasteiger partial charge in [-0.05, 0) is 11.4 Å². The third-order valence-electron chi connectivity index (χ3n) is 2.54. The summed E-state index contributed by atoms with van der Waals surface area (Å²) in [5, 5.41) is 19.7. The van der Waals surface area contributed by atoms with E-state index in [2.05, 4.69) is 20.5 Å². The fourth-order valence-corrected chi connectivity index (χ4v) is 2.31. The Bertz CT molecular complexity index is 569. The van der Waals surface area contributed by atoms with E-state index >= 15 is 0 Å². The van der Waals surface area contributed by atoms with Crippen LogP contribution in [0.2, 0.25) is 0 Å². The van der Waals surface area contributed by atoms with Crippen LogP contribution in [0.3, 0.4) is 0 Å². The average Bonchev–Trinajstić information content (AvgIpc) is 3.07. The molecule has 0 radical (unpaired) electrons. The molecule has 2 rings (SSSR count). The number of H-pyrrole nitrogens is 1. The van der Waals surface area contributed by atoms with E-state index in [0.29, 0.717) is 10.7 Å². The Balaban J connectivity index is 1.99. The minimum Gasteiger partial charge on any atom is -0.479 e. The van der Waals surface area contributed by atoms with Gasteiger partial charge in [-0.2, -0.15) is 5.10 Å². The second-order valence-corrected chi connectivity index (χ2v) is 5.00. The van der Waals surface area contributed by atoms with Gasteiger partial charge in [0.2, 0.25) is 0 Å². The molecule has 8 nitrogen and oxygen atoms in total. The summed E-state index contributed by atoms with van der Waals surface area (Å²) in [5.41, 5.74) is 0. The molecule has 2 amide bonds. The summed E-state index contributed by atoms with van der Waals surface area (Å²) in [6.45, 7) is 0.211. The van der Waals surface area contributed by atoms with Crippen LogP contribution in [0.15, 0.2) is 23.8 Å². The van der Waals surface area contributed by atoms with E-state index in [9.17, 15) is 14.7 Å². The highest BCUT2D eigenvalue weighted by Crippen LogP contribution is 2.19. The van der Waals surface area contributed by atoms with Crippen LogP contribution in [0.25, 0.3) is 0 Å². The van der Waals surface area contributed by atoms with E-state index < -0.39 is 18.0 Å².